The summed E-state index contributed by atoms with van der Waals surface area (Å²) >= 11 is 3.26. The van der Waals surface area contributed by atoms with Gasteiger partial charge in [0.25, 0.3) is 5.56 Å². The number of nitrogens with zero attached hydrogens (tertiary/aromatic N) is 2. The Morgan fingerprint density at radius 1 is 1.11 bits per heavy atom. The van der Waals surface area contributed by atoms with Gasteiger partial charge in [-0.15, -0.1) is 0 Å². The molecular formula is C18H22BrN3O4S. The molecule has 0 atom stereocenters. The molecule has 146 valence electrons. The van der Waals surface area contributed by atoms with E-state index in [1.165, 1.54) is 27.1 Å². The van der Waals surface area contributed by atoms with Gasteiger partial charge in [0.1, 0.15) is 6.54 Å². The van der Waals surface area contributed by atoms with Crippen molar-refractivity contribution in [1.29, 1.82) is 0 Å². The van der Waals surface area contributed by atoms with Crippen LogP contribution in [0, 0.1) is 0 Å². The number of amides is 1. The Bertz CT molecular complexity index is 951. The first-order valence-corrected chi connectivity index (χ1v) is 10.7. The van der Waals surface area contributed by atoms with Gasteiger partial charge in [0.05, 0.1) is 4.90 Å². The van der Waals surface area contributed by atoms with Crippen LogP contribution in [0.2, 0.25) is 0 Å². The maximum absolute atomic E-state index is 12.5. The quantitative estimate of drug-likeness (QED) is 0.658. The minimum absolute atomic E-state index is 0.0906. The van der Waals surface area contributed by atoms with E-state index in [1.54, 1.807) is 38.2 Å². The number of sulfonamides is 1. The minimum atomic E-state index is -3.50. The van der Waals surface area contributed by atoms with Crippen LogP contribution in [0.5, 0.6) is 0 Å². The van der Waals surface area contributed by atoms with E-state index in [2.05, 4.69) is 21.2 Å². The van der Waals surface area contributed by atoms with Gasteiger partial charge in [0, 0.05) is 36.4 Å². The average Bonchev–Trinajstić information content (AvgIpc) is 2.64. The number of hydrogen-bond acceptors (Lipinski definition) is 4. The molecule has 0 spiro atoms. The summed E-state index contributed by atoms with van der Waals surface area (Å²) in [7, 11) is -3.50. The Kier molecular flexibility index (Phi) is 7.34. The van der Waals surface area contributed by atoms with E-state index in [-0.39, 0.29) is 29.5 Å². The Labute approximate surface area is 167 Å². The van der Waals surface area contributed by atoms with Crippen molar-refractivity contribution in [3.8, 4) is 0 Å². The van der Waals surface area contributed by atoms with Crippen LogP contribution >= 0.6 is 15.9 Å². The number of rotatable bonds is 8. The molecule has 27 heavy (non-hydrogen) atoms. The maximum atomic E-state index is 12.5. The van der Waals surface area contributed by atoms with Gasteiger partial charge in [-0.25, -0.2) is 8.42 Å². The molecule has 1 aromatic carbocycles. The van der Waals surface area contributed by atoms with Crippen molar-refractivity contribution in [2.24, 2.45) is 0 Å². The van der Waals surface area contributed by atoms with Crippen molar-refractivity contribution in [3.05, 3.63) is 63.0 Å². The largest absolute Gasteiger partial charge is 0.350 e. The predicted octanol–water partition coefficient (Wildman–Crippen LogP) is 1.96. The second kappa shape index (κ2) is 9.29. The molecule has 2 aromatic rings. The van der Waals surface area contributed by atoms with Crippen LogP contribution in [0.15, 0.2) is 56.8 Å². The summed E-state index contributed by atoms with van der Waals surface area (Å²) in [5, 5.41) is 2.72. The fraction of sp³-hybridized carbons (Fsp3) is 0.333. The Morgan fingerprint density at radius 2 is 1.74 bits per heavy atom. The highest BCUT2D eigenvalue weighted by Gasteiger charge is 2.21. The molecule has 0 saturated carbocycles. The first-order chi connectivity index (χ1) is 12.8. The maximum Gasteiger partial charge on any atom is 0.251 e. The van der Waals surface area contributed by atoms with E-state index in [1.807, 2.05) is 0 Å². The number of halogens is 1. The minimum Gasteiger partial charge on any atom is -0.350 e. The number of benzene rings is 1. The lowest BCUT2D eigenvalue weighted by Crippen LogP contribution is -2.31. The first kappa shape index (κ1) is 21.3. The van der Waals surface area contributed by atoms with Gasteiger partial charge >= 0.3 is 0 Å². The number of aromatic nitrogens is 1. The zero-order chi connectivity index (χ0) is 20.0. The van der Waals surface area contributed by atoms with Gasteiger partial charge in [-0.2, -0.15) is 4.31 Å². The summed E-state index contributed by atoms with van der Waals surface area (Å²) in [6.45, 7) is 4.56. The molecule has 1 amide bonds. The molecule has 0 aliphatic rings. The third-order valence-electron chi connectivity index (χ3n) is 4.02. The Morgan fingerprint density at radius 3 is 2.33 bits per heavy atom. The smallest absolute Gasteiger partial charge is 0.251 e. The van der Waals surface area contributed by atoms with E-state index in [0.29, 0.717) is 17.6 Å². The first-order valence-electron chi connectivity index (χ1n) is 8.49. The fourth-order valence-corrected chi connectivity index (χ4v) is 4.37. The normalized spacial score (nSPS) is 11.6. The van der Waals surface area contributed by atoms with Crippen LogP contribution in [0.4, 0.5) is 0 Å². The number of nitrogens with one attached hydrogen (secondary N) is 1. The van der Waals surface area contributed by atoms with Crippen LogP contribution in [-0.4, -0.2) is 36.3 Å². The van der Waals surface area contributed by atoms with Crippen LogP contribution < -0.4 is 10.9 Å². The molecule has 1 heterocycles. The van der Waals surface area contributed by atoms with Gasteiger partial charge < -0.3 is 9.88 Å². The third kappa shape index (κ3) is 5.50. The highest BCUT2D eigenvalue weighted by atomic mass is 79.9. The molecule has 0 fully saturated rings. The van der Waals surface area contributed by atoms with Gasteiger partial charge in [-0.1, -0.05) is 26.0 Å². The van der Waals surface area contributed by atoms with Crippen molar-refractivity contribution in [1.82, 2.24) is 14.2 Å². The number of hydrogen-bond donors (Lipinski definition) is 1. The van der Waals surface area contributed by atoms with Crippen LogP contribution in [0.3, 0.4) is 0 Å². The molecule has 0 unspecified atom stereocenters. The molecular weight excluding hydrogens is 434 g/mol. The number of carbonyl (C=O) groups is 1. The summed E-state index contributed by atoms with van der Waals surface area (Å²) < 4.78 is 28.3. The zero-order valence-corrected chi connectivity index (χ0v) is 17.6. The van der Waals surface area contributed by atoms with E-state index in [0.717, 1.165) is 5.56 Å². The van der Waals surface area contributed by atoms with Crippen LogP contribution in [0.25, 0.3) is 0 Å². The Balaban J connectivity index is 2.00. The van der Waals surface area contributed by atoms with Crippen molar-refractivity contribution < 1.29 is 13.2 Å². The van der Waals surface area contributed by atoms with Crippen LogP contribution in [-0.2, 0) is 27.9 Å². The molecule has 0 bridgehead atoms. The van der Waals surface area contributed by atoms with Crippen molar-refractivity contribution in [2.75, 3.05) is 13.1 Å². The second-order valence-electron chi connectivity index (χ2n) is 5.82. The summed E-state index contributed by atoms with van der Waals surface area (Å²) in [5.41, 5.74) is 0.503. The summed E-state index contributed by atoms with van der Waals surface area (Å²) in [6, 6.07) is 9.41. The van der Waals surface area contributed by atoms with Gasteiger partial charge in [-0.3, -0.25) is 9.59 Å². The van der Waals surface area contributed by atoms with E-state index < -0.39 is 10.0 Å². The molecule has 0 aliphatic heterocycles. The van der Waals surface area contributed by atoms with Crippen LogP contribution in [0.1, 0.15) is 19.4 Å². The molecule has 1 aromatic heterocycles. The number of pyridine rings is 1. The fourth-order valence-electron chi connectivity index (χ4n) is 2.53. The predicted molar refractivity (Wildman–Crippen MR) is 107 cm³/mol. The van der Waals surface area contributed by atoms with E-state index in [9.17, 15) is 18.0 Å². The summed E-state index contributed by atoms with van der Waals surface area (Å²) in [5.74, 6) is -0.310. The van der Waals surface area contributed by atoms with Crippen molar-refractivity contribution in [3.63, 3.8) is 0 Å². The summed E-state index contributed by atoms with van der Waals surface area (Å²) in [6.07, 6.45) is 1.55. The van der Waals surface area contributed by atoms with Crippen molar-refractivity contribution in [2.45, 2.75) is 31.8 Å². The zero-order valence-electron chi connectivity index (χ0n) is 15.2. The highest BCUT2D eigenvalue weighted by Crippen LogP contribution is 2.16. The average molecular weight is 456 g/mol. The lowest BCUT2D eigenvalue weighted by molar-refractivity contribution is -0.121. The van der Waals surface area contributed by atoms with E-state index >= 15 is 0 Å². The molecule has 0 radical (unpaired) electrons. The lowest BCUT2D eigenvalue weighted by atomic mass is 10.2. The molecule has 1 N–H and O–H groups in total. The molecule has 0 saturated heterocycles. The van der Waals surface area contributed by atoms with Gasteiger partial charge in [0.2, 0.25) is 15.9 Å². The molecule has 0 aliphatic carbocycles. The monoisotopic (exact) mass is 455 g/mol. The van der Waals surface area contributed by atoms with Gasteiger partial charge in [-0.05, 0) is 39.7 Å². The highest BCUT2D eigenvalue weighted by molar-refractivity contribution is 9.10. The Hall–Kier alpha value is -1.97. The molecule has 7 nitrogen and oxygen atoms in total. The van der Waals surface area contributed by atoms with Gasteiger partial charge in [0.15, 0.2) is 0 Å². The summed E-state index contributed by atoms with van der Waals surface area (Å²) in [4.78, 5) is 24.0. The standard InChI is InChI=1S/C18H22BrN3O4S/c1-3-22(4-2)27(25,26)16-8-5-14(6-9-16)11-20-17(23)13-21-12-15(19)7-10-18(21)24/h5-10,12H,3-4,11,13H2,1-2H3,(H,20,23). The SMILES string of the molecule is CCN(CC)S(=O)(=O)c1ccc(CNC(=O)Cn2cc(Br)ccc2=O)cc1. The molecule has 2 rings (SSSR count). The van der Waals surface area contributed by atoms with Crippen molar-refractivity contribution >= 4 is 31.9 Å². The lowest BCUT2D eigenvalue weighted by Gasteiger charge is -2.18. The topological polar surface area (TPSA) is 88.5 Å². The van der Waals surface area contributed by atoms with E-state index in [4.69, 9.17) is 0 Å². The third-order valence-corrected chi connectivity index (χ3v) is 6.55. The number of carbonyl (C=O) groups excluding carboxylic acids is 1. The second-order valence-corrected chi connectivity index (χ2v) is 8.68. The molecule has 9 heteroatoms.